The van der Waals surface area contributed by atoms with Crippen molar-refractivity contribution in [1.82, 2.24) is 5.32 Å². The van der Waals surface area contributed by atoms with Gasteiger partial charge in [-0.15, -0.1) is 0 Å². The van der Waals surface area contributed by atoms with E-state index in [1.165, 1.54) is 19.3 Å². The summed E-state index contributed by atoms with van der Waals surface area (Å²) < 4.78 is 5.21. The van der Waals surface area contributed by atoms with Gasteiger partial charge in [0.25, 0.3) is 0 Å². The molecule has 2 nitrogen and oxygen atoms in total. The first kappa shape index (κ1) is 11.0. The first-order valence-electron chi connectivity index (χ1n) is 5.50. The molecule has 0 aliphatic heterocycles. The topological polar surface area (TPSA) is 21.3 Å². The highest BCUT2D eigenvalue weighted by atomic mass is 16.5. The number of rotatable bonds is 7. The third-order valence-corrected chi connectivity index (χ3v) is 2.96. The molecule has 1 aliphatic carbocycles. The van der Waals surface area contributed by atoms with Gasteiger partial charge in [0, 0.05) is 13.2 Å². The minimum atomic E-state index is 0.610. The Kier molecular flexibility index (Phi) is 4.74. The van der Waals surface area contributed by atoms with E-state index in [-0.39, 0.29) is 0 Å². The van der Waals surface area contributed by atoms with Gasteiger partial charge >= 0.3 is 0 Å². The molecular weight excluding hydrogens is 162 g/mol. The zero-order valence-corrected chi connectivity index (χ0v) is 9.18. The van der Waals surface area contributed by atoms with Gasteiger partial charge in [0.2, 0.25) is 0 Å². The van der Waals surface area contributed by atoms with Crippen molar-refractivity contribution in [3.05, 3.63) is 0 Å². The lowest BCUT2D eigenvalue weighted by Gasteiger charge is -2.19. The van der Waals surface area contributed by atoms with Gasteiger partial charge in [-0.3, -0.25) is 0 Å². The summed E-state index contributed by atoms with van der Waals surface area (Å²) in [7, 11) is 1.79. The number of nitrogens with one attached hydrogen (secondary N) is 1. The van der Waals surface area contributed by atoms with Crippen LogP contribution in [0.15, 0.2) is 0 Å². The Bertz CT molecular complexity index is 134. The van der Waals surface area contributed by atoms with Crippen molar-refractivity contribution in [1.29, 1.82) is 0 Å². The van der Waals surface area contributed by atoms with Gasteiger partial charge in [-0.1, -0.05) is 20.3 Å². The van der Waals surface area contributed by atoms with Crippen LogP contribution >= 0.6 is 0 Å². The highest BCUT2D eigenvalue weighted by Crippen LogP contribution is 2.32. The first-order chi connectivity index (χ1) is 6.27. The fraction of sp³-hybridized carbons (Fsp3) is 1.00. The number of hydrogen-bond acceptors (Lipinski definition) is 2. The highest BCUT2D eigenvalue weighted by Gasteiger charge is 2.30. The Balaban J connectivity index is 2.14. The van der Waals surface area contributed by atoms with Crippen molar-refractivity contribution in [3.8, 4) is 0 Å². The molecule has 1 N–H and O–H groups in total. The van der Waals surface area contributed by atoms with Gasteiger partial charge in [-0.05, 0) is 31.2 Å². The second kappa shape index (κ2) is 5.61. The van der Waals surface area contributed by atoms with E-state index < -0.39 is 0 Å². The number of ether oxygens (including phenoxy) is 1. The molecule has 0 radical (unpaired) electrons. The molecule has 0 aromatic heterocycles. The highest BCUT2D eigenvalue weighted by molar-refractivity contribution is 4.86. The third-order valence-electron chi connectivity index (χ3n) is 2.96. The van der Waals surface area contributed by atoms with Crippen LogP contribution in [0.2, 0.25) is 0 Å². The van der Waals surface area contributed by atoms with E-state index in [4.69, 9.17) is 4.74 Å². The van der Waals surface area contributed by atoms with Crippen LogP contribution in [-0.4, -0.2) is 26.3 Å². The van der Waals surface area contributed by atoms with Crippen LogP contribution in [0.5, 0.6) is 0 Å². The van der Waals surface area contributed by atoms with Crippen LogP contribution in [0.25, 0.3) is 0 Å². The average Bonchev–Trinajstić information content (AvgIpc) is 2.94. The quantitative estimate of drug-likeness (QED) is 0.655. The molecule has 1 aliphatic rings. The fourth-order valence-corrected chi connectivity index (χ4v) is 1.54. The molecule has 0 aromatic rings. The molecule has 0 bridgehead atoms. The summed E-state index contributed by atoms with van der Waals surface area (Å²) in [6.07, 6.45) is 4.04. The SMILES string of the molecule is CCC(C)CNC(COC)C1CC1. The summed E-state index contributed by atoms with van der Waals surface area (Å²) in [4.78, 5) is 0. The smallest absolute Gasteiger partial charge is 0.0618 e. The van der Waals surface area contributed by atoms with Crippen molar-refractivity contribution in [2.24, 2.45) is 11.8 Å². The number of methoxy groups -OCH3 is 1. The summed E-state index contributed by atoms with van der Waals surface area (Å²) in [6.45, 7) is 6.56. The minimum Gasteiger partial charge on any atom is -0.383 e. The second-order valence-corrected chi connectivity index (χ2v) is 4.32. The maximum Gasteiger partial charge on any atom is 0.0618 e. The molecule has 0 spiro atoms. The van der Waals surface area contributed by atoms with E-state index in [0.717, 1.165) is 25.0 Å². The van der Waals surface area contributed by atoms with E-state index in [0.29, 0.717) is 6.04 Å². The fourth-order valence-electron chi connectivity index (χ4n) is 1.54. The van der Waals surface area contributed by atoms with Crippen LogP contribution in [0.4, 0.5) is 0 Å². The van der Waals surface area contributed by atoms with Crippen molar-refractivity contribution >= 4 is 0 Å². The molecule has 1 fully saturated rings. The molecule has 0 saturated heterocycles. The zero-order valence-electron chi connectivity index (χ0n) is 9.18. The Hall–Kier alpha value is -0.0800. The monoisotopic (exact) mass is 185 g/mol. The predicted octanol–water partition coefficient (Wildman–Crippen LogP) is 2.05. The number of hydrogen-bond donors (Lipinski definition) is 1. The van der Waals surface area contributed by atoms with E-state index in [9.17, 15) is 0 Å². The van der Waals surface area contributed by atoms with Crippen LogP contribution in [0, 0.1) is 11.8 Å². The normalized spacial score (nSPS) is 21.5. The lowest BCUT2D eigenvalue weighted by Crippen LogP contribution is -2.37. The van der Waals surface area contributed by atoms with Gasteiger partial charge in [-0.25, -0.2) is 0 Å². The summed E-state index contributed by atoms with van der Waals surface area (Å²) >= 11 is 0. The third kappa shape index (κ3) is 4.10. The summed E-state index contributed by atoms with van der Waals surface area (Å²) in [5.41, 5.74) is 0. The maximum atomic E-state index is 5.21. The molecule has 2 heteroatoms. The predicted molar refractivity (Wildman–Crippen MR) is 55.8 cm³/mol. The van der Waals surface area contributed by atoms with Crippen LogP contribution < -0.4 is 5.32 Å². The van der Waals surface area contributed by atoms with Crippen molar-refractivity contribution in [3.63, 3.8) is 0 Å². The molecule has 0 heterocycles. The molecule has 1 rings (SSSR count). The standard InChI is InChI=1S/C11H23NO/c1-4-9(2)7-12-11(8-13-3)10-5-6-10/h9-12H,4-8H2,1-3H3. The van der Waals surface area contributed by atoms with Crippen LogP contribution in [0.3, 0.4) is 0 Å². The molecule has 0 amide bonds. The lowest BCUT2D eigenvalue weighted by molar-refractivity contribution is 0.155. The maximum absolute atomic E-state index is 5.21. The molecule has 1 saturated carbocycles. The zero-order chi connectivity index (χ0) is 9.68. The van der Waals surface area contributed by atoms with Crippen LogP contribution in [0.1, 0.15) is 33.1 Å². The second-order valence-electron chi connectivity index (χ2n) is 4.32. The summed E-state index contributed by atoms with van der Waals surface area (Å²) in [5.74, 6) is 1.68. The Labute approximate surface area is 82.0 Å². The Morgan fingerprint density at radius 3 is 2.62 bits per heavy atom. The van der Waals surface area contributed by atoms with Gasteiger partial charge in [0.15, 0.2) is 0 Å². The van der Waals surface area contributed by atoms with Crippen LogP contribution in [-0.2, 0) is 4.74 Å². The van der Waals surface area contributed by atoms with Gasteiger partial charge in [-0.2, -0.15) is 0 Å². The van der Waals surface area contributed by atoms with Crippen molar-refractivity contribution in [2.75, 3.05) is 20.3 Å². The van der Waals surface area contributed by atoms with Gasteiger partial charge in [0.1, 0.15) is 0 Å². The molecule has 2 unspecified atom stereocenters. The lowest BCUT2D eigenvalue weighted by atomic mass is 10.1. The average molecular weight is 185 g/mol. The molecular formula is C11H23NO. The van der Waals surface area contributed by atoms with Crippen molar-refractivity contribution in [2.45, 2.75) is 39.2 Å². The Morgan fingerprint density at radius 2 is 2.15 bits per heavy atom. The summed E-state index contributed by atoms with van der Waals surface area (Å²) in [6, 6.07) is 0.610. The molecule has 78 valence electrons. The minimum absolute atomic E-state index is 0.610. The molecule has 2 atom stereocenters. The summed E-state index contributed by atoms with van der Waals surface area (Å²) in [5, 5.41) is 3.61. The van der Waals surface area contributed by atoms with E-state index in [1.807, 2.05) is 0 Å². The molecule has 13 heavy (non-hydrogen) atoms. The van der Waals surface area contributed by atoms with Gasteiger partial charge < -0.3 is 10.1 Å². The Morgan fingerprint density at radius 1 is 1.46 bits per heavy atom. The largest absolute Gasteiger partial charge is 0.383 e. The molecule has 0 aromatic carbocycles. The van der Waals surface area contributed by atoms with Crippen molar-refractivity contribution < 1.29 is 4.74 Å². The van der Waals surface area contributed by atoms with E-state index in [1.54, 1.807) is 7.11 Å². The first-order valence-corrected chi connectivity index (χ1v) is 5.50. The van der Waals surface area contributed by atoms with E-state index >= 15 is 0 Å². The van der Waals surface area contributed by atoms with Gasteiger partial charge in [0.05, 0.1) is 6.61 Å². The van der Waals surface area contributed by atoms with E-state index in [2.05, 4.69) is 19.2 Å².